The number of hydrogen-bond donors (Lipinski definition) is 0. The van der Waals surface area contributed by atoms with Crippen molar-refractivity contribution in [3.63, 3.8) is 0 Å². The van der Waals surface area contributed by atoms with Gasteiger partial charge in [0.2, 0.25) is 5.76 Å². The highest BCUT2D eigenvalue weighted by Gasteiger charge is 2.29. The van der Waals surface area contributed by atoms with Crippen molar-refractivity contribution >= 4 is 23.2 Å². The van der Waals surface area contributed by atoms with E-state index >= 15 is 0 Å². The molecule has 0 N–H and O–H groups in total. The van der Waals surface area contributed by atoms with Crippen molar-refractivity contribution < 1.29 is 18.4 Å². The first kappa shape index (κ1) is 13.9. The molecule has 1 aromatic heterocycles. The summed E-state index contributed by atoms with van der Waals surface area (Å²) in [5, 5.41) is 3.90. The summed E-state index contributed by atoms with van der Waals surface area (Å²) in [7, 11) is 1.42. The SMILES string of the molecule is COc1cc(C(=O)N2CCCc3cc(Cl)cc(F)c32)on1. The van der Waals surface area contributed by atoms with E-state index in [-0.39, 0.29) is 17.3 Å². The number of rotatable bonds is 2. The molecule has 2 aromatic rings. The van der Waals surface area contributed by atoms with Gasteiger partial charge in [0.15, 0.2) is 0 Å². The predicted molar refractivity (Wildman–Crippen MR) is 74.5 cm³/mol. The van der Waals surface area contributed by atoms with Crippen LogP contribution in [0.5, 0.6) is 5.88 Å². The second-order valence-electron chi connectivity index (χ2n) is 4.69. The van der Waals surface area contributed by atoms with Gasteiger partial charge in [0.1, 0.15) is 5.82 Å². The Hall–Kier alpha value is -2.08. The maximum absolute atomic E-state index is 14.2. The molecule has 3 rings (SSSR count). The summed E-state index contributed by atoms with van der Waals surface area (Å²) in [6, 6.07) is 4.26. The van der Waals surface area contributed by atoms with Crippen LogP contribution in [-0.4, -0.2) is 24.7 Å². The first-order valence-corrected chi connectivity index (χ1v) is 6.78. The zero-order valence-corrected chi connectivity index (χ0v) is 12.0. The molecule has 5 nitrogen and oxygen atoms in total. The van der Waals surface area contributed by atoms with Crippen molar-refractivity contribution in [1.82, 2.24) is 5.16 Å². The molecule has 0 saturated heterocycles. The van der Waals surface area contributed by atoms with Gasteiger partial charge in [0, 0.05) is 11.6 Å². The summed E-state index contributed by atoms with van der Waals surface area (Å²) in [5.41, 5.74) is 0.970. The minimum Gasteiger partial charge on any atom is -0.479 e. The Morgan fingerprint density at radius 1 is 1.48 bits per heavy atom. The number of hydrogen-bond acceptors (Lipinski definition) is 4. The standard InChI is InChI=1S/C14H12ClFN2O3/c1-20-12-7-11(21-17-12)14(19)18-4-2-3-8-5-9(15)6-10(16)13(8)18/h5-7H,2-4H2,1H3. The molecule has 0 radical (unpaired) electrons. The molecule has 1 aliphatic rings. The van der Waals surface area contributed by atoms with E-state index in [4.69, 9.17) is 20.9 Å². The Kier molecular flexibility index (Phi) is 3.55. The van der Waals surface area contributed by atoms with Crippen molar-refractivity contribution in [3.05, 3.63) is 40.4 Å². The highest BCUT2D eigenvalue weighted by molar-refractivity contribution is 6.30. The Morgan fingerprint density at radius 3 is 3.00 bits per heavy atom. The van der Waals surface area contributed by atoms with E-state index in [2.05, 4.69) is 5.16 Å². The van der Waals surface area contributed by atoms with Crippen molar-refractivity contribution in [2.75, 3.05) is 18.6 Å². The van der Waals surface area contributed by atoms with Crippen LogP contribution < -0.4 is 9.64 Å². The average molecular weight is 311 g/mol. The second-order valence-corrected chi connectivity index (χ2v) is 5.13. The maximum Gasteiger partial charge on any atom is 0.297 e. The Labute approximate surface area is 125 Å². The fourth-order valence-corrected chi connectivity index (χ4v) is 2.67. The van der Waals surface area contributed by atoms with Gasteiger partial charge in [-0.25, -0.2) is 4.39 Å². The number of amides is 1. The summed E-state index contributed by atoms with van der Waals surface area (Å²) in [6.07, 6.45) is 1.40. The quantitative estimate of drug-likeness (QED) is 0.855. The van der Waals surface area contributed by atoms with Gasteiger partial charge < -0.3 is 14.2 Å². The molecule has 0 spiro atoms. The molecule has 0 saturated carbocycles. The molecule has 110 valence electrons. The largest absolute Gasteiger partial charge is 0.479 e. The van der Waals surface area contributed by atoms with Crippen LogP contribution in [0.25, 0.3) is 0 Å². The van der Waals surface area contributed by atoms with Crippen molar-refractivity contribution in [2.24, 2.45) is 0 Å². The number of nitrogens with zero attached hydrogens (tertiary/aromatic N) is 2. The lowest BCUT2D eigenvalue weighted by atomic mass is 10.0. The molecule has 21 heavy (non-hydrogen) atoms. The maximum atomic E-state index is 14.2. The Balaban J connectivity index is 2.00. The molecule has 2 heterocycles. The molecular weight excluding hydrogens is 299 g/mol. The zero-order valence-electron chi connectivity index (χ0n) is 11.2. The summed E-state index contributed by atoms with van der Waals surface area (Å²) in [4.78, 5) is 13.8. The van der Waals surface area contributed by atoms with Gasteiger partial charge in [-0.05, 0) is 35.7 Å². The summed E-state index contributed by atoms with van der Waals surface area (Å²) in [6.45, 7) is 0.410. The zero-order chi connectivity index (χ0) is 15.0. The fraction of sp³-hybridized carbons (Fsp3) is 0.286. The molecular formula is C14H12ClFN2O3. The van der Waals surface area contributed by atoms with Crippen molar-refractivity contribution in [3.8, 4) is 5.88 Å². The predicted octanol–water partition coefficient (Wildman–Crippen LogP) is 3.07. The van der Waals surface area contributed by atoms with E-state index < -0.39 is 11.7 Å². The number of benzene rings is 1. The lowest BCUT2D eigenvalue weighted by molar-refractivity contribution is 0.0948. The molecule has 0 atom stereocenters. The van der Waals surface area contributed by atoms with Gasteiger partial charge >= 0.3 is 0 Å². The monoisotopic (exact) mass is 310 g/mol. The summed E-state index contributed by atoms with van der Waals surface area (Å²) < 4.78 is 24.0. The fourth-order valence-electron chi connectivity index (χ4n) is 2.44. The van der Waals surface area contributed by atoms with E-state index in [9.17, 15) is 9.18 Å². The minimum atomic E-state index is -0.517. The van der Waals surface area contributed by atoms with Crippen LogP contribution in [0.4, 0.5) is 10.1 Å². The minimum absolute atomic E-state index is 0.00838. The smallest absolute Gasteiger partial charge is 0.297 e. The number of fused-ring (bicyclic) bond motifs is 1. The highest BCUT2D eigenvalue weighted by Crippen LogP contribution is 2.33. The molecule has 7 heteroatoms. The number of aryl methyl sites for hydroxylation is 1. The topological polar surface area (TPSA) is 55.6 Å². The first-order valence-electron chi connectivity index (χ1n) is 6.40. The lowest BCUT2D eigenvalue weighted by Gasteiger charge is -2.29. The van der Waals surface area contributed by atoms with Gasteiger partial charge in [0.05, 0.1) is 18.9 Å². The molecule has 1 aromatic carbocycles. The third-order valence-electron chi connectivity index (χ3n) is 3.36. The van der Waals surface area contributed by atoms with E-state index in [1.807, 2.05) is 0 Å². The van der Waals surface area contributed by atoms with E-state index in [1.165, 1.54) is 24.1 Å². The van der Waals surface area contributed by atoms with Crippen LogP contribution in [0.2, 0.25) is 5.02 Å². The normalized spacial score (nSPS) is 14.0. The van der Waals surface area contributed by atoms with Crippen molar-refractivity contribution in [2.45, 2.75) is 12.8 Å². The van der Waals surface area contributed by atoms with Gasteiger partial charge in [-0.1, -0.05) is 11.6 Å². The van der Waals surface area contributed by atoms with Crippen molar-refractivity contribution in [1.29, 1.82) is 0 Å². The van der Waals surface area contributed by atoms with E-state index in [0.717, 1.165) is 6.42 Å². The van der Waals surface area contributed by atoms with Crippen LogP contribution in [0.1, 0.15) is 22.5 Å². The van der Waals surface area contributed by atoms with E-state index in [0.29, 0.717) is 23.6 Å². The Bertz CT molecular complexity index is 702. The third-order valence-corrected chi connectivity index (χ3v) is 3.58. The van der Waals surface area contributed by atoms with Gasteiger partial charge in [-0.15, -0.1) is 0 Å². The lowest BCUT2D eigenvalue weighted by Crippen LogP contribution is -2.36. The number of anilines is 1. The van der Waals surface area contributed by atoms with Crippen LogP contribution in [0.15, 0.2) is 22.7 Å². The highest BCUT2D eigenvalue weighted by atomic mass is 35.5. The molecule has 1 amide bonds. The number of carbonyl (C=O) groups excluding carboxylic acids is 1. The van der Waals surface area contributed by atoms with Crippen LogP contribution in [-0.2, 0) is 6.42 Å². The molecule has 0 fully saturated rings. The molecule has 0 unspecified atom stereocenters. The number of ether oxygens (including phenoxy) is 1. The first-order chi connectivity index (χ1) is 10.1. The van der Waals surface area contributed by atoms with Crippen LogP contribution in [0.3, 0.4) is 0 Å². The molecule has 1 aliphatic heterocycles. The number of halogens is 2. The number of methoxy groups -OCH3 is 1. The molecule has 0 bridgehead atoms. The van der Waals surface area contributed by atoms with Crippen LogP contribution in [0, 0.1) is 5.82 Å². The van der Waals surface area contributed by atoms with E-state index in [1.54, 1.807) is 6.07 Å². The summed E-state index contributed by atoms with van der Waals surface area (Å²) in [5.74, 6) is -0.758. The average Bonchev–Trinajstić information content (AvgIpc) is 2.94. The van der Waals surface area contributed by atoms with Gasteiger partial charge in [0.25, 0.3) is 11.8 Å². The van der Waals surface area contributed by atoms with Gasteiger partial charge in [-0.3, -0.25) is 4.79 Å². The second kappa shape index (κ2) is 5.37. The van der Waals surface area contributed by atoms with Gasteiger partial charge in [-0.2, -0.15) is 0 Å². The number of carbonyl (C=O) groups is 1. The Morgan fingerprint density at radius 2 is 2.29 bits per heavy atom. The van der Waals surface area contributed by atoms with Crippen LogP contribution >= 0.6 is 11.6 Å². The summed E-state index contributed by atoms with van der Waals surface area (Å²) >= 11 is 5.86. The third kappa shape index (κ3) is 2.47. The molecule has 0 aliphatic carbocycles. The number of aromatic nitrogens is 1.